The van der Waals surface area contributed by atoms with Crippen LogP contribution < -0.4 is 5.73 Å². The summed E-state index contributed by atoms with van der Waals surface area (Å²) in [7, 11) is 1.39. The summed E-state index contributed by atoms with van der Waals surface area (Å²) in [5, 5.41) is 0. The van der Waals surface area contributed by atoms with Crippen LogP contribution in [0, 0.1) is 0 Å². The van der Waals surface area contributed by atoms with Gasteiger partial charge in [0, 0.05) is 24.0 Å². The highest BCUT2D eigenvalue weighted by atomic mass is 32.1. The number of aromatic nitrogens is 1. The van der Waals surface area contributed by atoms with Gasteiger partial charge in [-0.2, -0.15) is 0 Å². The van der Waals surface area contributed by atoms with Crippen molar-refractivity contribution in [3.8, 4) is 0 Å². The van der Waals surface area contributed by atoms with E-state index in [0.29, 0.717) is 6.42 Å². The molecule has 0 fully saturated rings. The van der Waals surface area contributed by atoms with E-state index in [1.165, 1.54) is 18.4 Å². The van der Waals surface area contributed by atoms with E-state index in [0.717, 1.165) is 10.4 Å². The minimum absolute atomic E-state index is 0.196. The topological polar surface area (TPSA) is 65.2 Å². The molecular weight excluding hydrogens is 260 g/mol. The molecule has 5 heteroatoms. The first-order chi connectivity index (χ1) is 9.23. The fourth-order valence-corrected chi connectivity index (χ4v) is 2.85. The highest BCUT2D eigenvalue weighted by Gasteiger charge is 2.40. The lowest BCUT2D eigenvalue weighted by Crippen LogP contribution is -2.45. The molecule has 0 aliphatic rings. The number of thiazole rings is 1. The summed E-state index contributed by atoms with van der Waals surface area (Å²) in [6.45, 7) is 0.196. The quantitative estimate of drug-likeness (QED) is 0.845. The predicted molar refractivity (Wildman–Crippen MR) is 75.0 cm³/mol. The second kappa shape index (κ2) is 5.95. The van der Waals surface area contributed by atoms with E-state index in [4.69, 9.17) is 10.5 Å². The van der Waals surface area contributed by atoms with Gasteiger partial charge in [-0.3, -0.25) is 9.78 Å². The van der Waals surface area contributed by atoms with Crippen LogP contribution in [0.5, 0.6) is 0 Å². The van der Waals surface area contributed by atoms with Crippen molar-refractivity contribution in [2.45, 2.75) is 11.8 Å². The molecule has 0 aliphatic carbocycles. The molecule has 2 rings (SSSR count). The molecule has 100 valence electrons. The van der Waals surface area contributed by atoms with E-state index in [-0.39, 0.29) is 12.5 Å². The van der Waals surface area contributed by atoms with Crippen molar-refractivity contribution in [1.82, 2.24) is 4.98 Å². The zero-order valence-electron chi connectivity index (χ0n) is 10.7. The molecule has 1 aromatic carbocycles. The predicted octanol–water partition coefficient (Wildman–Crippen LogP) is 1.76. The van der Waals surface area contributed by atoms with Crippen molar-refractivity contribution in [2.75, 3.05) is 13.7 Å². The highest BCUT2D eigenvalue weighted by molar-refractivity contribution is 7.09. The van der Waals surface area contributed by atoms with E-state index >= 15 is 0 Å². The van der Waals surface area contributed by atoms with Crippen LogP contribution in [0.1, 0.15) is 10.4 Å². The van der Waals surface area contributed by atoms with Crippen molar-refractivity contribution in [3.05, 3.63) is 52.5 Å². The molecule has 0 radical (unpaired) electrons. The monoisotopic (exact) mass is 276 g/mol. The van der Waals surface area contributed by atoms with Gasteiger partial charge in [-0.1, -0.05) is 30.3 Å². The van der Waals surface area contributed by atoms with Crippen LogP contribution in [0.3, 0.4) is 0 Å². The minimum atomic E-state index is -0.845. The molecule has 1 unspecified atom stereocenters. The van der Waals surface area contributed by atoms with Gasteiger partial charge < -0.3 is 10.5 Å². The average Bonchev–Trinajstić information content (AvgIpc) is 2.97. The molecule has 1 heterocycles. The second-order valence-electron chi connectivity index (χ2n) is 4.29. The lowest BCUT2D eigenvalue weighted by atomic mass is 9.77. The Bertz CT molecular complexity index is 528. The standard InChI is InChI=1S/C14H16N2O2S/c1-18-13(17)14(9-15,7-12-8-16-10-19-12)11-5-3-2-4-6-11/h2-6,8,10H,7,9,15H2,1H3. The second-order valence-corrected chi connectivity index (χ2v) is 5.26. The van der Waals surface area contributed by atoms with E-state index in [1.54, 1.807) is 11.7 Å². The van der Waals surface area contributed by atoms with Crippen molar-refractivity contribution in [2.24, 2.45) is 5.73 Å². The smallest absolute Gasteiger partial charge is 0.317 e. The summed E-state index contributed by atoms with van der Waals surface area (Å²) in [5.41, 5.74) is 7.69. The largest absolute Gasteiger partial charge is 0.468 e. The molecule has 4 nitrogen and oxygen atoms in total. The zero-order chi connectivity index (χ0) is 13.7. The average molecular weight is 276 g/mol. The summed E-state index contributed by atoms with van der Waals surface area (Å²) in [4.78, 5) is 17.3. The Hall–Kier alpha value is -1.72. The van der Waals surface area contributed by atoms with E-state index in [9.17, 15) is 4.79 Å². The number of benzene rings is 1. The lowest BCUT2D eigenvalue weighted by Gasteiger charge is -2.29. The number of nitrogens with zero attached hydrogens (tertiary/aromatic N) is 1. The first kappa shape index (κ1) is 13.7. The van der Waals surface area contributed by atoms with E-state index < -0.39 is 5.41 Å². The van der Waals surface area contributed by atoms with Gasteiger partial charge in [0.05, 0.1) is 12.6 Å². The van der Waals surface area contributed by atoms with Crippen molar-refractivity contribution in [1.29, 1.82) is 0 Å². The van der Waals surface area contributed by atoms with Crippen LogP contribution in [-0.4, -0.2) is 24.6 Å². The third kappa shape index (κ3) is 2.67. The molecule has 1 atom stereocenters. The van der Waals surface area contributed by atoms with Crippen molar-refractivity contribution >= 4 is 17.3 Å². The maximum atomic E-state index is 12.3. The highest BCUT2D eigenvalue weighted by Crippen LogP contribution is 2.30. The van der Waals surface area contributed by atoms with Crippen LogP contribution >= 0.6 is 11.3 Å². The van der Waals surface area contributed by atoms with Crippen molar-refractivity contribution in [3.63, 3.8) is 0 Å². The van der Waals surface area contributed by atoms with Gasteiger partial charge in [0.25, 0.3) is 0 Å². The first-order valence-corrected chi connectivity index (χ1v) is 6.82. The van der Waals surface area contributed by atoms with Crippen LogP contribution in [0.25, 0.3) is 0 Å². The Morgan fingerprint density at radius 2 is 2.16 bits per heavy atom. The number of rotatable bonds is 5. The third-order valence-electron chi connectivity index (χ3n) is 3.21. The number of carbonyl (C=O) groups excluding carboxylic acids is 1. The summed E-state index contributed by atoms with van der Waals surface area (Å²) >= 11 is 1.51. The Kier molecular flexibility index (Phi) is 4.29. The van der Waals surface area contributed by atoms with Crippen molar-refractivity contribution < 1.29 is 9.53 Å². The molecule has 0 saturated heterocycles. The lowest BCUT2D eigenvalue weighted by molar-refractivity contribution is -0.147. The Morgan fingerprint density at radius 1 is 1.42 bits per heavy atom. The van der Waals surface area contributed by atoms with Gasteiger partial charge in [0.2, 0.25) is 0 Å². The van der Waals surface area contributed by atoms with Crippen LogP contribution in [-0.2, 0) is 21.4 Å². The maximum absolute atomic E-state index is 12.3. The van der Waals surface area contributed by atoms with E-state index in [1.807, 2.05) is 30.3 Å². The fourth-order valence-electron chi connectivity index (χ4n) is 2.14. The van der Waals surface area contributed by atoms with Gasteiger partial charge in [0.15, 0.2) is 0 Å². The van der Waals surface area contributed by atoms with Gasteiger partial charge in [-0.25, -0.2) is 0 Å². The van der Waals surface area contributed by atoms with Gasteiger partial charge in [-0.05, 0) is 5.56 Å². The summed E-state index contributed by atoms with van der Waals surface area (Å²) in [5.74, 6) is -0.311. The molecule has 2 aromatic rings. The molecule has 0 amide bonds. The molecule has 2 N–H and O–H groups in total. The SMILES string of the molecule is COC(=O)C(CN)(Cc1cncs1)c1ccccc1. The molecule has 19 heavy (non-hydrogen) atoms. The number of esters is 1. The van der Waals surface area contributed by atoms with E-state index in [2.05, 4.69) is 4.98 Å². The third-order valence-corrected chi connectivity index (χ3v) is 3.99. The van der Waals surface area contributed by atoms with Crippen LogP contribution in [0.4, 0.5) is 0 Å². The number of carbonyl (C=O) groups is 1. The van der Waals surface area contributed by atoms with Gasteiger partial charge in [-0.15, -0.1) is 11.3 Å². The summed E-state index contributed by atoms with van der Waals surface area (Å²) in [6.07, 6.45) is 2.27. The number of hydrogen-bond donors (Lipinski definition) is 1. The van der Waals surface area contributed by atoms with Gasteiger partial charge >= 0.3 is 5.97 Å². The molecule has 0 saturated carbocycles. The zero-order valence-corrected chi connectivity index (χ0v) is 11.5. The van der Waals surface area contributed by atoms with Gasteiger partial charge in [0.1, 0.15) is 5.41 Å². The molecular formula is C14H16N2O2S. The molecule has 0 spiro atoms. The maximum Gasteiger partial charge on any atom is 0.317 e. The Morgan fingerprint density at radius 3 is 2.68 bits per heavy atom. The number of ether oxygens (including phenoxy) is 1. The Balaban J connectivity index is 2.45. The number of nitrogens with two attached hydrogens (primary N) is 1. The summed E-state index contributed by atoms with van der Waals surface area (Å²) < 4.78 is 4.98. The minimum Gasteiger partial charge on any atom is -0.468 e. The summed E-state index contributed by atoms with van der Waals surface area (Å²) in [6, 6.07) is 9.52. The molecule has 0 bridgehead atoms. The number of hydrogen-bond acceptors (Lipinski definition) is 5. The Labute approximate surface area is 116 Å². The normalized spacial score (nSPS) is 13.8. The molecule has 1 aromatic heterocycles. The first-order valence-electron chi connectivity index (χ1n) is 5.94. The van der Waals surface area contributed by atoms with Crippen LogP contribution in [0.2, 0.25) is 0 Å². The number of methoxy groups -OCH3 is 1. The molecule has 0 aliphatic heterocycles. The fraction of sp³-hybridized carbons (Fsp3) is 0.286. The van der Waals surface area contributed by atoms with Crippen LogP contribution in [0.15, 0.2) is 42.0 Å².